The van der Waals surface area contributed by atoms with Crippen LogP contribution in [0.3, 0.4) is 0 Å². The van der Waals surface area contributed by atoms with Crippen molar-refractivity contribution in [2.45, 2.75) is 44.9 Å². The number of halogens is 1. The van der Waals surface area contributed by atoms with E-state index in [1.165, 1.54) is 0 Å². The molecule has 53 heavy (non-hydrogen) atoms. The standard InChI is InChI=1S/C39H43ClN6O7/c1-5-53-39(49)32(22-47)42-20-30-34(50-2)16-25(17-35(30)51-3)46-33-11-7-8-26(29(33)21-43-46)27-9-6-10-28(37(27)40)31-14-12-23(38(45-31)52-4)18-41-19-24-13-15-36(48)44-24/h6-12,14,16-17,21,24,32,41-42,47H,5,13,15,18-20,22H2,1-4H3,(H,44,48)/t24-,32+/m0/s1. The molecule has 1 fully saturated rings. The molecule has 0 radical (unpaired) electrons. The van der Waals surface area contributed by atoms with E-state index in [0.29, 0.717) is 58.9 Å². The van der Waals surface area contributed by atoms with Gasteiger partial charge in [-0.15, -0.1) is 0 Å². The Bertz CT molecular complexity index is 2080. The zero-order chi connectivity index (χ0) is 37.5. The summed E-state index contributed by atoms with van der Waals surface area (Å²) in [5.41, 5.74) is 6.21. The van der Waals surface area contributed by atoms with Gasteiger partial charge in [-0.05, 0) is 31.0 Å². The number of methoxy groups -OCH3 is 3. The molecule has 1 aliphatic rings. The van der Waals surface area contributed by atoms with Crippen LogP contribution in [-0.4, -0.2) is 84.9 Å². The third kappa shape index (κ3) is 8.08. The van der Waals surface area contributed by atoms with Crippen molar-refractivity contribution < 1.29 is 33.6 Å². The Morgan fingerprint density at radius 1 is 1.02 bits per heavy atom. The van der Waals surface area contributed by atoms with E-state index in [-0.39, 0.29) is 25.1 Å². The number of pyridine rings is 1. The summed E-state index contributed by atoms with van der Waals surface area (Å²) in [6.07, 6.45) is 3.19. The second-order valence-electron chi connectivity index (χ2n) is 12.5. The van der Waals surface area contributed by atoms with Crippen molar-refractivity contribution in [2.75, 3.05) is 41.1 Å². The van der Waals surface area contributed by atoms with Crippen molar-refractivity contribution in [3.8, 4) is 45.5 Å². The van der Waals surface area contributed by atoms with E-state index in [9.17, 15) is 14.7 Å². The predicted molar refractivity (Wildman–Crippen MR) is 202 cm³/mol. The third-order valence-electron chi connectivity index (χ3n) is 9.22. The lowest BCUT2D eigenvalue weighted by Crippen LogP contribution is -2.40. The van der Waals surface area contributed by atoms with Crippen molar-refractivity contribution in [2.24, 2.45) is 0 Å². The average Bonchev–Trinajstić information content (AvgIpc) is 3.81. The average molecular weight is 743 g/mol. The van der Waals surface area contributed by atoms with E-state index in [0.717, 1.165) is 39.6 Å². The van der Waals surface area contributed by atoms with E-state index in [1.807, 2.05) is 60.7 Å². The Morgan fingerprint density at radius 3 is 2.43 bits per heavy atom. The van der Waals surface area contributed by atoms with Gasteiger partial charge in [-0.1, -0.05) is 48.0 Å². The first-order valence-corrected chi connectivity index (χ1v) is 17.7. The Hall–Kier alpha value is -5.21. The fourth-order valence-corrected chi connectivity index (χ4v) is 6.85. The van der Waals surface area contributed by atoms with Gasteiger partial charge in [0.25, 0.3) is 0 Å². The molecule has 14 heteroatoms. The first-order valence-electron chi connectivity index (χ1n) is 17.4. The van der Waals surface area contributed by atoms with E-state index in [2.05, 4.69) is 16.0 Å². The number of carbonyl (C=O) groups excluding carboxylic acids is 2. The highest BCUT2D eigenvalue weighted by Gasteiger charge is 2.23. The number of aliphatic hydroxyl groups is 1. The van der Waals surface area contributed by atoms with Gasteiger partial charge in [0.05, 0.1) is 68.2 Å². The van der Waals surface area contributed by atoms with Crippen LogP contribution in [0.5, 0.6) is 17.4 Å². The normalized spacial score (nSPS) is 14.6. The molecule has 0 unspecified atom stereocenters. The first-order chi connectivity index (χ1) is 25.8. The highest BCUT2D eigenvalue weighted by Crippen LogP contribution is 2.40. The van der Waals surface area contributed by atoms with Gasteiger partial charge in [0.1, 0.15) is 17.5 Å². The van der Waals surface area contributed by atoms with Crippen LogP contribution in [0.25, 0.3) is 39.0 Å². The summed E-state index contributed by atoms with van der Waals surface area (Å²) in [4.78, 5) is 28.6. The van der Waals surface area contributed by atoms with Gasteiger partial charge < -0.3 is 34.7 Å². The molecule has 278 valence electrons. The highest BCUT2D eigenvalue weighted by molar-refractivity contribution is 6.36. The minimum Gasteiger partial charge on any atom is -0.496 e. The van der Waals surface area contributed by atoms with Crippen molar-refractivity contribution >= 4 is 34.4 Å². The third-order valence-corrected chi connectivity index (χ3v) is 9.63. The van der Waals surface area contributed by atoms with E-state index in [1.54, 1.807) is 39.1 Å². The van der Waals surface area contributed by atoms with Gasteiger partial charge in [-0.25, -0.2) is 9.67 Å². The van der Waals surface area contributed by atoms with Gasteiger partial charge in [0, 0.05) is 66.3 Å². The fraction of sp³-hybridized carbons (Fsp3) is 0.333. The number of aromatic nitrogens is 3. The number of esters is 1. The molecule has 3 aromatic carbocycles. The number of aliphatic hydroxyl groups excluding tert-OH is 1. The highest BCUT2D eigenvalue weighted by atomic mass is 35.5. The van der Waals surface area contributed by atoms with Crippen LogP contribution in [0.4, 0.5) is 0 Å². The monoisotopic (exact) mass is 742 g/mol. The van der Waals surface area contributed by atoms with Crippen molar-refractivity contribution in [1.29, 1.82) is 0 Å². The summed E-state index contributed by atoms with van der Waals surface area (Å²) < 4.78 is 24.0. The topological polar surface area (TPSA) is 158 Å². The van der Waals surface area contributed by atoms with Crippen LogP contribution in [0.2, 0.25) is 5.02 Å². The molecule has 0 saturated carbocycles. The number of hydrogen-bond acceptors (Lipinski definition) is 11. The smallest absolute Gasteiger partial charge is 0.325 e. The van der Waals surface area contributed by atoms with Crippen LogP contribution < -0.4 is 30.2 Å². The number of benzene rings is 3. The van der Waals surface area contributed by atoms with Crippen LogP contribution in [-0.2, 0) is 27.4 Å². The number of hydrogen-bond donors (Lipinski definition) is 4. The Kier molecular flexibility index (Phi) is 12.1. The van der Waals surface area contributed by atoms with Crippen molar-refractivity contribution in [1.82, 2.24) is 30.7 Å². The number of fused-ring (bicyclic) bond motifs is 1. The van der Waals surface area contributed by atoms with E-state index >= 15 is 0 Å². The Balaban J connectivity index is 1.28. The van der Waals surface area contributed by atoms with Crippen LogP contribution in [0.15, 0.2) is 66.9 Å². The molecular weight excluding hydrogens is 700 g/mol. The number of carbonyl (C=O) groups is 2. The summed E-state index contributed by atoms with van der Waals surface area (Å²) in [5, 5.41) is 25.3. The van der Waals surface area contributed by atoms with Crippen molar-refractivity contribution in [3.63, 3.8) is 0 Å². The molecule has 2 atom stereocenters. The molecule has 1 saturated heterocycles. The van der Waals surface area contributed by atoms with Gasteiger partial charge in [-0.2, -0.15) is 5.10 Å². The maximum atomic E-state index is 12.2. The summed E-state index contributed by atoms with van der Waals surface area (Å²) in [6.45, 7) is 2.88. The minimum absolute atomic E-state index is 0.0916. The number of ether oxygens (including phenoxy) is 4. The van der Waals surface area contributed by atoms with Crippen LogP contribution >= 0.6 is 11.6 Å². The molecule has 13 nitrogen and oxygen atoms in total. The minimum atomic E-state index is -0.902. The summed E-state index contributed by atoms with van der Waals surface area (Å²) in [5.74, 6) is 1.06. The fourth-order valence-electron chi connectivity index (χ4n) is 6.53. The molecule has 3 heterocycles. The molecule has 0 spiro atoms. The molecule has 0 bridgehead atoms. The molecular formula is C39H43ClN6O7. The predicted octanol–water partition coefficient (Wildman–Crippen LogP) is 4.82. The quantitative estimate of drug-likeness (QED) is 0.103. The zero-order valence-electron chi connectivity index (χ0n) is 30.1. The molecule has 5 aromatic rings. The second kappa shape index (κ2) is 17.1. The van der Waals surface area contributed by atoms with E-state index < -0.39 is 18.6 Å². The lowest BCUT2D eigenvalue weighted by atomic mass is 9.98. The molecule has 1 aliphatic heterocycles. The number of nitrogens with zero attached hydrogens (tertiary/aromatic N) is 3. The second-order valence-corrected chi connectivity index (χ2v) is 12.8. The number of rotatable bonds is 16. The first kappa shape index (κ1) is 37.5. The largest absolute Gasteiger partial charge is 0.496 e. The summed E-state index contributed by atoms with van der Waals surface area (Å²) in [7, 11) is 4.70. The molecule has 4 N–H and O–H groups in total. The molecule has 0 aliphatic carbocycles. The lowest BCUT2D eigenvalue weighted by molar-refractivity contribution is -0.146. The van der Waals surface area contributed by atoms with E-state index in [4.69, 9.17) is 40.6 Å². The SMILES string of the molecule is CCOC(=O)[C@@H](CO)NCc1c(OC)cc(-n2ncc3c(-c4cccc(-c5ccc(CNC[C@@H]6CCC(=O)N6)c(OC)n5)c4Cl)cccc32)cc1OC. The lowest BCUT2D eigenvalue weighted by Gasteiger charge is -2.19. The Labute approximate surface area is 312 Å². The molecule has 6 rings (SSSR count). The van der Waals surface area contributed by atoms with Crippen LogP contribution in [0, 0.1) is 0 Å². The zero-order valence-corrected chi connectivity index (χ0v) is 30.8. The van der Waals surface area contributed by atoms with Gasteiger partial charge in [0.15, 0.2) is 0 Å². The maximum Gasteiger partial charge on any atom is 0.325 e. The molecule has 1 amide bonds. The summed E-state index contributed by atoms with van der Waals surface area (Å²) in [6, 6.07) is 18.6. The van der Waals surface area contributed by atoms with Crippen molar-refractivity contribution in [3.05, 3.63) is 83.0 Å². The number of nitrogens with one attached hydrogen (secondary N) is 3. The maximum absolute atomic E-state index is 12.2. The van der Waals surface area contributed by atoms with Gasteiger partial charge in [-0.3, -0.25) is 14.9 Å². The van der Waals surface area contributed by atoms with Gasteiger partial charge >= 0.3 is 5.97 Å². The summed E-state index contributed by atoms with van der Waals surface area (Å²) >= 11 is 7.16. The Morgan fingerprint density at radius 2 is 1.75 bits per heavy atom. The van der Waals surface area contributed by atoms with Gasteiger partial charge in [0.2, 0.25) is 11.8 Å². The number of amides is 1. The van der Waals surface area contributed by atoms with Crippen LogP contribution in [0.1, 0.15) is 30.9 Å². The molecule has 2 aromatic heterocycles.